The van der Waals surface area contributed by atoms with E-state index in [-0.39, 0.29) is 6.04 Å². The molecule has 2 atom stereocenters. The summed E-state index contributed by atoms with van der Waals surface area (Å²) in [6.07, 6.45) is 0.818. The maximum absolute atomic E-state index is 6.12. The molecule has 0 heterocycles. The lowest BCUT2D eigenvalue weighted by Crippen LogP contribution is -2.43. The van der Waals surface area contributed by atoms with E-state index in [4.69, 9.17) is 17.3 Å². The minimum absolute atomic E-state index is 0.111. The Balaban J connectivity index is 2.66. The van der Waals surface area contributed by atoms with E-state index in [0.717, 1.165) is 17.0 Å². The molecule has 1 aromatic carbocycles. The maximum atomic E-state index is 6.12. The number of hydrogen-bond acceptors (Lipinski definition) is 2. The molecule has 0 aliphatic rings. The van der Waals surface area contributed by atoms with Gasteiger partial charge in [0.05, 0.1) is 0 Å². The second kappa shape index (κ2) is 5.50. The molecule has 2 nitrogen and oxygen atoms in total. The monoisotopic (exact) mass is 226 g/mol. The summed E-state index contributed by atoms with van der Waals surface area (Å²) < 4.78 is 0. The average Bonchev–Trinajstić information content (AvgIpc) is 2.20. The molecule has 15 heavy (non-hydrogen) atoms. The van der Waals surface area contributed by atoms with Crippen LogP contribution in [0.5, 0.6) is 0 Å². The topological polar surface area (TPSA) is 29.3 Å². The molecule has 0 saturated carbocycles. The van der Waals surface area contributed by atoms with Crippen molar-refractivity contribution in [2.75, 3.05) is 14.1 Å². The van der Waals surface area contributed by atoms with Gasteiger partial charge in [-0.2, -0.15) is 0 Å². The molecule has 1 aromatic rings. The van der Waals surface area contributed by atoms with Gasteiger partial charge in [-0.3, -0.25) is 0 Å². The SMILES string of the molecule is CC(C(N)Cc1ccccc1Cl)N(C)C. The van der Waals surface area contributed by atoms with Gasteiger partial charge in [0.15, 0.2) is 0 Å². The number of nitrogens with two attached hydrogens (primary N) is 1. The van der Waals surface area contributed by atoms with Crippen LogP contribution in [0.15, 0.2) is 24.3 Å². The van der Waals surface area contributed by atoms with Gasteiger partial charge < -0.3 is 10.6 Å². The largest absolute Gasteiger partial charge is 0.326 e. The highest BCUT2D eigenvalue weighted by atomic mass is 35.5. The van der Waals surface area contributed by atoms with Crippen molar-refractivity contribution in [1.82, 2.24) is 4.90 Å². The van der Waals surface area contributed by atoms with Crippen molar-refractivity contribution >= 4 is 11.6 Å². The van der Waals surface area contributed by atoms with Crippen LogP contribution in [0.25, 0.3) is 0 Å². The van der Waals surface area contributed by atoms with E-state index >= 15 is 0 Å². The average molecular weight is 227 g/mol. The van der Waals surface area contributed by atoms with E-state index in [9.17, 15) is 0 Å². The Morgan fingerprint density at radius 3 is 2.47 bits per heavy atom. The predicted molar refractivity (Wildman–Crippen MR) is 66.3 cm³/mol. The van der Waals surface area contributed by atoms with Crippen molar-refractivity contribution in [3.05, 3.63) is 34.9 Å². The first-order valence-corrected chi connectivity index (χ1v) is 5.55. The number of nitrogens with zero attached hydrogens (tertiary/aromatic N) is 1. The molecule has 0 aliphatic heterocycles. The molecule has 0 aliphatic carbocycles. The summed E-state index contributed by atoms with van der Waals surface area (Å²) in [7, 11) is 4.08. The first-order chi connectivity index (χ1) is 7.02. The summed E-state index contributed by atoms with van der Waals surface area (Å²) in [6, 6.07) is 8.33. The molecule has 0 spiro atoms. The molecule has 0 saturated heterocycles. The molecule has 84 valence electrons. The van der Waals surface area contributed by atoms with E-state index in [1.807, 2.05) is 38.4 Å². The molecule has 1 rings (SSSR count). The molecule has 0 amide bonds. The molecule has 0 radical (unpaired) electrons. The molecule has 0 bridgehead atoms. The van der Waals surface area contributed by atoms with Crippen LogP contribution in [0.2, 0.25) is 5.02 Å². The Morgan fingerprint density at radius 1 is 1.33 bits per heavy atom. The third-order valence-corrected chi connectivity index (χ3v) is 3.22. The number of benzene rings is 1. The van der Waals surface area contributed by atoms with Gasteiger partial charge in [0.25, 0.3) is 0 Å². The van der Waals surface area contributed by atoms with Crippen LogP contribution in [-0.2, 0) is 6.42 Å². The molecule has 0 aromatic heterocycles. The van der Waals surface area contributed by atoms with Gasteiger partial charge in [0.2, 0.25) is 0 Å². The van der Waals surface area contributed by atoms with Gasteiger partial charge >= 0.3 is 0 Å². The minimum Gasteiger partial charge on any atom is -0.326 e. The van der Waals surface area contributed by atoms with Gasteiger partial charge in [0, 0.05) is 17.1 Å². The molecular weight excluding hydrogens is 208 g/mol. The third kappa shape index (κ3) is 3.49. The summed E-state index contributed by atoms with van der Waals surface area (Å²) >= 11 is 6.08. The first-order valence-electron chi connectivity index (χ1n) is 5.17. The lowest BCUT2D eigenvalue weighted by Gasteiger charge is -2.26. The van der Waals surface area contributed by atoms with Crippen molar-refractivity contribution in [1.29, 1.82) is 0 Å². The maximum Gasteiger partial charge on any atom is 0.0438 e. The van der Waals surface area contributed by atoms with Crippen LogP contribution in [0.3, 0.4) is 0 Å². The Morgan fingerprint density at radius 2 is 1.93 bits per heavy atom. The summed E-state index contributed by atoms with van der Waals surface area (Å²) in [5, 5.41) is 0.805. The van der Waals surface area contributed by atoms with Gasteiger partial charge in [-0.05, 0) is 39.1 Å². The minimum atomic E-state index is 0.111. The molecular formula is C12H19ClN2. The first kappa shape index (κ1) is 12.5. The smallest absolute Gasteiger partial charge is 0.0438 e. The summed E-state index contributed by atoms with van der Waals surface area (Å²) in [5.41, 5.74) is 7.24. The Kier molecular flexibility index (Phi) is 4.58. The summed E-state index contributed by atoms with van der Waals surface area (Å²) in [6.45, 7) is 2.13. The fourth-order valence-electron chi connectivity index (χ4n) is 1.47. The zero-order valence-electron chi connectivity index (χ0n) is 9.57. The van der Waals surface area contributed by atoms with Gasteiger partial charge in [-0.25, -0.2) is 0 Å². The lowest BCUT2D eigenvalue weighted by molar-refractivity contribution is 0.271. The van der Waals surface area contributed by atoms with E-state index in [0.29, 0.717) is 6.04 Å². The van der Waals surface area contributed by atoms with Gasteiger partial charge in [-0.1, -0.05) is 29.8 Å². The highest BCUT2D eigenvalue weighted by Crippen LogP contribution is 2.17. The van der Waals surface area contributed by atoms with E-state index in [1.54, 1.807) is 0 Å². The van der Waals surface area contributed by atoms with Crippen molar-refractivity contribution in [2.45, 2.75) is 25.4 Å². The van der Waals surface area contributed by atoms with Gasteiger partial charge in [-0.15, -0.1) is 0 Å². The van der Waals surface area contributed by atoms with Crippen LogP contribution < -0.4 is 5.73 Å². The van der Waals surface area contributed by atoms with E-state index in [2.05, 4.69) is 11.8 Å². The fourth-order valence-corrected chi connectivity index (χ4v) is 1.68. The van der Waals surface area contributed by atoms with Crippen LogP contribution in [0, 0.1) is 0 Å². The second-order valence-electron chi connectivity index (χ2n) is 4.16. The third-order valence-electron chi connectivity index (χ3n) is 2.85. The van der Waals surface area contributed by atoms with Crippen molar-refractivity contribution < 1.29 is 0 Å². The van der Waals surface area contributed by atoms with Crippen molar-refractivity contribution in [3.63, 3.8) is 0 Å². The number of hydrogen-bond donors (Lipinski definition) is 1. The number of likely N-dealkylation sites (N-methyl/N-ethyl adjacent to an activating group) is 1. The van der Waals surface area contributed by atoms with Gasteiger partial charge in [0.1, 0.15) is 0 Å². The highest BCUT2D eigenvalue weighted by Gasteiger charge is 2.15. The molecule has 2 unspecified atom stereocenters. The van der Waals surface area contributed by atoms with E-state index < -0.39 is 0 Å². The van der Waals surface area contributed by atoms with E-state index in [1.165, 1.54) is 0 Å². The molecule has 0 fully saturated rings. The highest BCUT2D eigenvalue weighted by molar-refractivity contribution is 6.31. The van der Waals surface area contributed by atoms with Crippen LogP contribution in [0.4, 0.5) is 0 Å². The zero-order valence-corrected chi connectivity index (χ0v) is 10.3. The van der Waals surface area contributed by atoms with Crippen molar-refractivity contribution in [2.24, 2.45) is 5.73 Å². The molecule has 2 N–H and O–H groups in total. The Labute approximate surface area is 97.0 Å². The lowest BCUT2D eigenvalue weighted by atomic mass is 10.0. The van der Waals surface area contributed by atoms with Crippen LogP contribution in [0.1, 0.15) is 12.5 Å². The second-order valence-corrected chi connectivity index (χ2v) is 4.57. The Bertz CT molecular complexity index is 312. The zero-order chi connectivity index (χ0) is 11.4. The van der Waals surface area contributed by atoms with Crippen molar-refractivity contribution in [3.8, 4) is 0 Å². The fraction of sp³-hybridized carbons (Fsp3) is 0.500. The Hall–Kier alpha value is -0.570. The summed E-state index contributed by atoms with van der Waals surface area (Å²) in [5.74, 6) is 0. The number of halogens is 1. The normalized spacial score (nSPS) is 15.3. The van der Waals surface area contributed by atoms with Crippen LogP contribution >= 0.6 is 11.6 Å². The molecule has 3 heteroatoms. The standard InChI is InChI=1S/C12H19ClN2/c1-9(15(2)3)12(14)8-10-6-4-5-7-11(10)13/h4-7,9,12H,8,14H2,1-3H3. The summed E-state index contributed by atoms with van der Waals surface area (Å²) in [4.78, 5) is 2.13. The number of rotatable bonds is 4. The predicted octanol–water partition coefficient (Wildman–Crippen LogP) is 2.16. The quantitative estimate of drug-likeness (QED) is 0.853. The van der Waals surface area contributed by atoms with Crippen LogP contribution in [-0.4, -0.2) is 31.1 Å².